The number of methoxy groups -OCH3 is 1. The lowest BCUT2D eigenvalue weighted by atomic mass is 10.3. The number of hydrogen-bond donors (Lipinski definition) is 1. The molecule has 0 spiro atoms. The second kappa shape index (κ2) is 5.50. The molecule has 0 aliphatic carbocycles. The molecule has 0 unspecified atom stereocenters. The van der Waals surface area contributed by atoms with Crippen LogP contribution < -0.4 is 5.32 Å². The van der Waals surface area contributed by atoms with Crippen LogP contribution in [-0.4, -0.2) is 18.1 Å². The maximum absolute atomic E-state index is 13.5. The molecule has 0 aliphatic heterocycles. The topological polar surface area (TPSA) is 51.2 Å². The Labute approximate surface area is 116 Å². The number of aromatic nitrogens is 1. The van der Waals surface area contributed by atoms with Crippen molar-refractivity contribution in [1.29, 1.82) is 0 Å². The molecular weight excluding hydrogens is 298 g/mol. The van der Waals surface area contributed by atoms with E-state index in [1.54, 1.807) is 0 Å². The zero-order valence-corrected chi connectivity index (χ0v) is 11.1. The number of nitrogens with one attached hydrogen (secondary N) is 1. The second-order valence-corrected chi connectivity index (χ2v) is 4.83. The van der Waals surface area contributed by atoms with E-state index in [-0.39, 0.29) is 20.7 Å². The van der Waals surface area contributed by atoms with Crippen molar-refractivity contribution in [1.82, 2.24) is 4.98 Å². The summed E-state index contributed by atoms with van der Waals surface area (Å²) in [5.74, 6) is -2.17. The van der Waals surface area contributed by atoms with Crippen LogP contribution in [0.4, 0.5) is 19.6 Å². The van der Waals surface area contributed by atoms with Gasteiger partial charge in [-0.15, -0.1) is 0 Å². The number of thiazole rings is 1. The van der Waals surface area contributed by atoms with Crippen molar-refractivity contribution in [2.45, 2.75) is 0 Å². The number of anilines is 2. The van der Waals surface area contributed by atoms with E-state index in [0.717, 1.165) is 17.4 Å². The molecule has 19 heavy (non-hydrogen) atoms. The molecule has 4 nitrogen and oxygen atoms in total. The molecule has 0 bridgehead atoms. The number of ether oxygens (including phenoxy) is 1. The van der Waals surface area contributed by atoms with Gasteiger partial charge in [0.15, 0.2) is 10.9 Å². The van der Waals surface area contributed by atoms with Crippen LogP contribution in [0, 0.1) is 11.6 Å². The fraction of sp³-hybridized carbons (Fsp3) is 0.0909. The van der Waals surface area contributed by atoms with E-state index < -0.39 is 17.6 Å². The van der Waals surface area contributed by atoms with Gasteiger partial charge < -0.3 is 10.1 Å². The molecule has 0 fully saturated rings. The van der Waals surface area contributed by atoms with Crippen molar-refractivity contribution in [2.75, 3.05) is 12.4 Å². The average Bonchev–Trinajstić information content (AvgIpc) is 2.81. The number of halogens is 3. The Morgan fingerprint density at radius 1 is 1.47 bits per heavy atom. The van der Waals surface area contributed by atoms with E-state index in [2.05, 4.69) is 15.0 Å². The highest BCUT2D eigenvalue weighted by molar-refractivity contribution is 7.17. The van der Waals surface area contributed by atoms with Crippen LogP contribution in [0.15, 0.2) is 18.3 Å². The fourth-order valence-electron chi connectivity index (χ4n) is 1.30. The quantitative estimate of drug-likeness (QED) is 0.880. The smallest absolute Gasteiger partial charge is 0.349 e. The summed E-state index contributed by atoms with van der Waals surface area (Å²) in [6.07, 6.45) is 1.29. The van der Waals surface area contributed by atoms with E-state index >= 15 is 0 Å². The number of carbonyl (C=O) groups excluding carboxylic acids is 1. The molecule has 1 aromatic carbocycles. The minimum absolute atomic E-state index is 0.103. The molecule has 2 aromatic rings. The van der Waals surface area contributed by atoms with Gasteiger partial charge in [-0.1, -0.05) is 22.9 Å². The van der Waals surface area contributed by atoms with Gasteiger partial charge >= 0.3 is 5.97 Å². The van der Waals surface area contributed by atoms with Crippen molar-refractivity contribution in [3.8, 4) is 0 Å². The zero-order valence-electron chi connectivity index (χ0n) is 9.54. The highest BCUT2D eigenvalue weighted by atomic mass is 35.5. The summed E-state index contributed by atoms with van der Waals surface area (Å²) in [6.45, 7) is 0. The first-order valence-corrected chi connectivity index (χ1v) is 6.16. The molecule has 1 N–H and O–H groups in total. The van der Waals surface area contributed by atoms with E-state index in [1.807, 2.05) is 0 Å². The molecule has 0 amide bonds. The van der Waals surface area contributed by atoms with Gasteiger partial charge in [-0.05, 0) is 6.07 Å². The maximum atomic E-state index is 13.5. The van der Waals surface area contributed by atoms with Crippen molar-refractivity contribution < 1.29 is 18.3 Å². The maximum Gasteiger partial charge on any atom is 0.349 e. The Balaban J connectivity index is 2.27. The minimum atomic E-state index is -0.847. The molecule has 0 atom stereocenters. The fourth-order valence-corrected chi connectivity index (χ4v) is 2.28. The van der Waals surface area contributed by atoms with Gasteiger partial charge in [-0.2, -0.15) is 0 Å². The molecule has 0 saturated heterocycles. The summed E-state index contributed by atoms with van der Waals surface area (Å²) in [6, 6.07) is 1.67. The highest BCUT2D eigenvalue weighted by Gasteiger charge is 2.14. The van der Waals surface area contributed by atoms with Crippen LogP contribution in [-0.2, 0) is 4.74 Å². The van der Waals surface area contributed by atoms with Crippen molar-refractivity contribution in [3.05, 3.63) is 39.9 Å². The summed E-state index contributed by atoms with van der Waals surface area (Å²) in [4.78, 5) is 15.4. The molecule has 1 aromatic heterocycles. The normalized spacial score (nSPS) is 10.3. The number of nitrogens with zero attached hydrogens (tertiary/aromatic N) is 1. The first kappa shape index (κ1) is 13.7. The first-order valence-electron chi connectivity index (χ1n) is 4.97. The second-order valence-electron chi connectivity index (χ2n) is 3.39. The van der Waals surface area contributed by atoms with Crippen LogP contribution in [0.2, 0.25) is 5.02 Å². The SMILES string of the molecule is COC(=O)c1cnc(Nc2c(F)cc(F)cc2Cl)s1. The molecule has 8 heteroatoms. The van der Waals surface area contributed by atoms with Crippen LogP contribution in [0.25, 0.3) is 0 Å². The van der Waals surface area contributed by atoms with Gasteiger partial charge in [-0.25, -0.2) is 18.6 Å². The summed E-state index contributed by atoms with van der Waals surface area (Å²) < 4.78 is 30.9. The van der Waals surface area contributed by atoms with Crippen molar-refractivity contribution in [2.24, 2.45) is 0 Å². The molecule has 2 rings (SSSR count). The predicted molar refractivity (Wildman–Crippen MR) is 68.1 cm³/mol. The lowest BCUT2D eigenvalue weighted by Gasteiger charge is -2.06. The Kier molecular flexibility index (Phi) is 3.96. The monoisotopic (exact) mass is 304 g/mol. The molecular formula is C11H7ClF2N2O2S. The third-order valence-electron chi connectivity index (χ3n) is 2.13. The molecule has 0 radical (unpaired) electrons. The van der Waals surface area contributed by atoms with Crippen molar-refractivity contribution >= 4 is 39.7 Å². The highest BCUT2D eigenvalue weighted by Crippen LogP contribution is 2.31. The largest absolute Gasteiger partial charge is 0.465 e. The lowest BCUT2D eigenvalue weighted by molar-refractivity contribution is 0.0606. The third-order valence-corrected chi connectivity index (χ3v) is 3.32. The van der Waals surface area contributed by atoms with Crippen molar-refractivity contribution in [3.63, 3.8) is 0 Å². The zero-order chi connectivity index (χ0) is 14.0. The van der Waals surface area contributed by atoms with Crippen LogP contribution in [0.3, 0.4) is 0 Å². The number of rotatable bonds is 3. The van der Waals surface area contributed by atoms with Crippen LogP contribution in [0.1, 0.15) is 9.67 Å². The van der Waals surface area contributed by atoms with Crippen LogP contribution >= 0.6 is 22.9 Å². The third kappa shape index (κ3) is 2.99. The van der Waals surface area contributed by atoms with Gasteiger partial charge in [0.05, 0.1) is 24.0 Å². The van der Waals surface area contributed by atoms with E-state index in [4.69, 9.17) is 11.6 Å². The van der Waals surface area contributed by atoms with E-state index in [1.165, 1.54) is 13.3 Å². The summed E-state index contributed by atoms with van der Waals surface area (Å²) in [7, 11) is 1.24. The predicted octanol–water partition coefficient (Wildman–Crippen LogP) is 3.60. The van der Waals surface area contributed by atoms with E-state index in [0.29, 0.717) is 6.07 Å². The number of esters is 1. The lowest BCUT2D eigenvalue weighted by Crippen LogP contribution is -1.97. The van der Waals surface area contributed by atoms with Gasteiger partial charge in [-0.3, -0.25) is 0 Å². The Morgan fingerprint density at radius 2 is 2.21 bits per heavy atom. The number of carbonyl (C=O) groups is 1. The van der Waals surface area contributed by atoms with Gasteiger partial charge in [0.2, 0.25) is 0 Å². The number of benzene rings is 1. The molecule has 100 valence electrons. The van der Waals surface area contributed by atoms with Gasteiger partial charge in [0.1, 0.15) is 10.7 Å². The Bertz CT molecular complexity index is 610. The van der Waals surface area contributed by atoms with E-state index in [9.17, 15) is 13.6 Å². The van der Waals surface area contributed by atoms with Gasteiger partial charge in [0.25, 0.3) is 0 Å². The summed E-state index contributed by atoms with van der Waals surface area (Å²) in [5.41, 5.74) is -0.103. The average molecular weight is 305 g/mol. The Morgan fingerprint density at radius 3 is 2.84 bits per heavy atom. The molecule has 1 heterocycles. The van der Waals surface area contributed by atoms with Crippen LogP contribution in [0.5, 0.6) is 0 Å². The summed E-state index contributed by atoms with van der Waals surface area (Å²) in [5, 5.41) is 2.72. The summed E-state index contributed by atoms with van der Waals surface area (Å²) >= 11 is 6.69. The standard InChI is InChI=1S/C11H7ClF2N2O2S/c1-18-10(17)8-4-15-11(19-8)16-9-6(12)2-5(13)3-7(9)14/h2-4H,1H3,(H,15,16). The molecule has 0 aliphatic rings. The number of hydrogen-bond acceptors (Lipinski definition) is 5. The van der Waals surface area contributed by atoms with Gasteiger partial charge in [0, 0.05) is 6.07 Å². The first-order chi connectivity index (χ1) is 9.01. The molecule has 0 saturated carbocycles. The Hall–Kier alpha value is -1.73. The minimum Gasteiger partial charge on any atom is -0.465 e.